The second-order valence-corrected chi connectivity index (χ2v) is 8.30. The normalized spacial score (nSPS) is 34.2. The van der Waals surface area contributed by atoms with Crippen LogP contribution in [0.15, 0.2) is 35.5 Å². The van der Waals surface area contributed by atoms with Crippen LogP contribution in [0.25, 0.3) is 0 Å². The van der Waals surface area contributed by atoms with E-state index in [2.05, 4.69) is 35.5 Å². The summed E-state index contributed by atoms with van der Waals surface area (Å²) in [7, 11) is 0. The molecule has 1 saturated heterocycles. The third-order valence-corrected chi connectivity index (χ3v) is 7.69. The van der Waals surface area contributed by atoms with E-state index in [4.69, 9.17) is 0 Å². The minimum atomic E-state index is 0.587. The van der Waals surface area contributed by atoms with E-state index in [0.717, 1.165) is 16.9 Å². The number of hydrogen-bond donors (Lipinski definition) is 1. The number of nitrogens with zero attached hydrogens (tertiary/aromatic N) is 1. The molecule has 1 aliphatic heterocycles. The standard InChI is InChI=1S/C15H19NOSe/c17-16-13-10-15(11-6-2-1-3-7-11)18-14-9-5-4-8-12(13)14/h1-3,6-7,12,14-15,17H,4-5,8-10H2/b16-13+/t12-,14-,15+/m0/s1. The van der Waals surface area contributed by atoms with Gasteiger partial charge in [-0.25, -0.2) is 0 Å². The molecule has 3 rings (SSSR count). The Hall–Kier alpha value is -0.791. The van der Waals surface area contributed by atoms with Gasteiger partial charge in [-0.05, 0) is 0 Å². The Kier molecular flexibility index (Phi) is 3.72. The van der Waals surface area contributed by atoms with Crippen LogP contribution in [0.3, 0.4) is 0 Å². The number of oxime groups is 1. The van der Waals surface area contributed by atoms with Gasteiger partial charge < -0.3 is 0 Å². The molecule has 3 atom stereocenters. The predicted octanol–water partition coefficient (Wildman–Crippen LogP) is 3.64. The number of benzene rings is 1. The topological polar surface area (TPSA) is 32.6 Å². The Balaban J connectivity index is 1.83. The van der Waals surface area contributed by atoms with Crippen molar-refractivity contribution in [2.24, 2.45) is 11.1 Å². The Bertz CT molecular complexity index is 431. The number of rotatable bonds is 1. The van der Waals surface area contributed by atoms with Crippen LogP contribution in [-0.2, 0) is 0 Å². The van der Waals surface area contributed by atoms with Gasteiger partial charge in [0, 0.05) is 0 Å². The van der Waals surface area contributed by atoms with Gasteiger partial charge in [-0.3, -0.25) is 0 Å². The van der Waals surface area contributed by atoms with Gasteiger partial charge in [0.25, 0.3) is 0 Å². The molecule has 2 fully saturated rings. The molecule has 0 spiro atoms. The zero-order valence-corrected chi connectivity index (χ0v) is 12.2. The molecule has 18 heavy (non-hydrogen) atoms. The van der Waals surface area contributed by atoms with Gasteiger partial charge in [-0.15, -0.1) is 0 Å². The molecule has 2 aliphatic rings. The fourth-order valence-corrected chi connectivity index (χ4v) is 6.97. The van der Waals surface area contributed by atoms with E-state index in [0.29, 0.717) is 25.7 Å². The first kappa shape index (κ1) is 12.3. The van der Waals surface area contributed by atoms with Gasteiger partial charge in [-0.1, -0.05) is 0 Å². The van der Waals surface area contributed by atoms with E-state index >= 15 is 0 Å². The van der Waals surface area contributed by atoms with Crippen LogP contribution in [0.5, 0.6) is 0 Å². The molecule has 1 aromatic carbocycles. The molecule has 0 amide bonds. The Morgan fingerprint density at radius 3 is 2.67 bits per heavy atom. The second-order valence-electron chi connectivity index (χ2n) is 5.26. The summed E-state index contributed by atoms with van der Waals surface area (Å²) in [5.74, 6) is 0.587. The molecule has 1 aromatic rings. The third-order valence-electron chi connectivity index (χ3n) is 4.16. The second kappa shape index (κ2) is 5.46. The number of fused-ring (bicyclic) bond motifs is 1. The molecule has 0 radical (unpaired) electrons. The van der Waals surface area contributed by atoms with Crippen LogP contribution in [-0.4, -0.2) is 25.9 Å². The molecule has 2 nitrogen and oxygen atoms in total. The monoisotopic (exact) mass is 309 g/mol. The summed E-state index contributed by atoms with van der Waals surface area (Å²) in [6.07, 6.45) is 6.23. The van der Waals surface area contributed by atoms with E-state index in [1.807, 2.05) is 0 Å². The average Bonchev–Trinajstić information content (AvgIpc) is 2.47. The predicted molar refractivity (Wildman–Crippen MR) is 74.5 cm³/mol. The summed E-state index contributed by atoms with van der Waals surface area (Å²) in [4.78, 5) is 1.42. The van der Waals surface area contributed by atoms with E-state index in [9.17, 15) is 5.21 Å². The summed E-state index contributed by atoms with van der Waals surface area (Å²) in [5.41, 5.74) is 2.50. The molecule has 1 N–H and O–H groups in total. The van der Waals surface area contributed by atoms with E-state index in [1.54, 1.807) is 0 Å². The zero-order chi connectivity index (χ0) is 12.4. The summed E-state index contributed by atoms with van der Waals surface area (Å²) in [6.45, 7) is 0. The molecule has 0 bridgehead atoms. The van der Waals surface area contributed by atoms with Gasteiger partial charge in [-0.2, -0.15) is 0 Å². The van der Waals surface area contributed by atoms with Crippen LogP contribution < -0.4 is 0 Å². The Morgan fingerprint density at radius 2 is 1.89 bits per heavy atom. The van der Waals surface area contributed by atoms with Crippen LogP contribution in [0.1, 0.15) is 42.5 Å². The SMILES string of the molecule is O/N=C1\C[C@H](c2ccccc2)[Se][C@H]2CCCC[C@@H]12. The van der Waals surface area contributed by atoms with Crippen LogP contribution in [0.2, 0.25) is 4.82 Å². The molecular formula is C15H19NOSe. The molecule has 0 aromatic heterocycles. The quantitative estimate of drug-likeness (QED) is 0.479. The molecule has 1 aliphatic carbocycles. The van der Waals surface area contributed by atoms with Gasteiger partial charge in [0.2, 0.25) is 0 Å². The van der Waals surface area contributed by atoms with Crippen molar-refractivity contribution >= 4 is 20.7 Å². The van der Waals surface area contributed by atoms with E-state index in [1.165, 1.54) is 31.2 Å². The third kappa shape index (κ3) is 2.34. The maximum absolute atomic E-state index is 9.29. The first-order valence-corrected chi connectivity index (χ1v) is 8.77. The van der Waals surface area contributed by atoms with Crippen molar-refractivity contribution in [3.05, 3.63) is 35.9 Å². The van der Waals surface area contributed by atoms with Crippen molar-refractivity contribution < 1.29 is 5.21 Å². The van der Waals surface area contributed by atoms with Crippen molar-refractivity contribution in [1.82, 2.24) is 0 Å². The molecule has 1 saturated carbocycles. The summed E-state index contributed by atoms with van der Waals surface area (Å²) in [6, 6.07) is 10.8. The van der Waals surface area contributed by atoms with Crippen molar-refractivity contribution in [2.45, 2.75) is 41.7 Å². The fraction of sp³-hybridized carbons (Fsp3) is 0.533. The Labute approximate surface area is 115 Å². The van der Waals surface area contributed by atoms with Gasteiger partial charge in [0.05, 0.1) is 0 Å². The molecule has 3 heteroatoms. The van der Waals surface area contributed by atoms with Crippen molar-refractivity contribution in [1.29, 1.82) is 0 Å². The van der Waals surface area contributed by atoms with Crippen molar-refractivity contribution in [3.63, 3.8) is 0 Å². The van der Waals surface area contributed by atoms with Crippen LogP contribution >= 0.6 is 0 Å². The van der Waals surface area contributed by atoms with Crippen LogP contribution in [0, 0.1) is 5.92 Å². The van der Waals surface area contributed by atoms with Crippen LogP contribution in [0.4, 0.5) is 0 Å². The summed E-state index contributed by atoms with van der Waals surface area (Å²) < 4.78 is 0. The Morgan fingerprint density at radius 1 is 1.11 bits per heavy atom. The maximum atomic E-state index is 9.29. The number of hydrogen-bond acceptors (Lipinski definition) is 2. The van der Waals surface area contributed by atoms with Crippen molar-refractivity contribution in [3.8, 4) is 0 Å². The van der Waals surface area contributed by atoms with E-state index in [-0.39, 0.29) is 0 Å². The molecule has 1 heterocycles. The summed E-state index contributed by atoms with van der Waals surface area (Å²) >= 11 is 0.653. The molecular weight excluding hydrogens is 289 g/mol. The van der Waals surface area contributed by atoms with E-state index < -0.39 is 0 Å². The summed E-state index contributed by atoms with van der Waals surface area (Å²) in [5, 5.41) is 12.9. The fourth-order valence-electron chi connectivity index (χ4n) is 3.22. The first-order chi connectivity index (χ1) is 8.88. The average molecular weight is 308 g/mol. The van der Waals surface area contributed by atoms with Gasteiger partial charge in [0.1, 0.15) is 0 Å². The van der Waals surface area contributed by atoms with Crippen molar-refractivity contribution in [2.75, 3.05) is 0 Å². The molecule has 96 valence electrons. The van der Waals surface area contributed by atoms with Gasteiger partial charge in [0.15, 0.2) is 0 Å². The first-order valence-electron chi connectivity index (χ1n) is 6.79. The molecule has 0 unspecified atom stereocenters. The van der Waals surface area contributed by atoms with Gasteiger partial charge >= 0.3 is 115 Å². The zero-order valence-electron chi connectivity index (χ0n) is 10.5. The minimum absolute atomic E-state index is 0.587.